The molecule has 6 nitrogen and oxygen atoms in total. The average molecular weight is 459 g/mol. The summed E-state index contributed by atoms with van der Waals surface area (Å²) in [5.74, 6) is -0.947. The predicted octanol–water partition coefficient (Wildman–Crippen LogP) is 4.96. The van der Waals surface area contributed by atoms with Gasteiger partial charge in [-0.05, 0) is 31.2 Å². The highest BCUT2D eigenvalue weighted by Crippen LogP contribution is 2.44. The third-order valence-corrected chi connectivity index (χ3v) is 5.21. The number of benzene rings is 2. The molecule has 3 rings (SSSR count). The summed E-state index contributed by atoms with van der Waals surface area (Å²) in [5.41, 5.74) is -2.31. The third kappa shape index (κ3) is 4.07. The predicted molar refractivity (Wildman–Crippen MR) is 107 cm³/mol. The Labute approximate surface area is 181 Å². The molecular weight excluding hydrogens is 439 g/mol. The fourth-order valence-corrected chi connectivity index (χ4v) is 3.51. The van der Waals surface area contributed by atoms with E-state index in [2.05, 4.69) is 0 Å². The van der Waals surface area contributed by atoms with Gasteiger partial charge < -0.3 is 14.2 Å². The number of hydrogen-bond donors (Lipinski definition) is 0. The van der Waals surface area contributed by atoms with Gasteiger partial charge in [-0.3, -0.25) is 0 Å². The highest BCUT2D eigenvalue weighted by molar-refractivity contribution is 6.32. The van der Waals surface area contributed by atoms with E-state index in [1.807, 2.05) is 0 Å². The van der Waals surface area contributed by atoms with Crippen LogP contribution in [0.2, 0.25) is 5.02 Å². The van der Waals surface area contributed by atoms with Crippen LogP contribution in [0.15, 0.2) is 36.4 Å². The quantitative estimate of drug-likeness (QED) is 0.368. The summed E-state index contributed by atoms with van der Waals surface area (Å²) in [7, 11) is 3.21. The van der Waals surface area contributed by atoms with Crippen molar-refractivity contribution in [3.63, 3.8) is 0 Å². The van der Waals surface area contributed by atoms with Crippen molar-refractivity contribution in [2.45, 2.75) is 25.6 Å². The molecule has 0 saturated carbocycles. The van der Waals surface area contributed by atoms with Crippen LogP contribution in [0, 0.1) is 0 Å². The first-order chi connectivity index (χ1) is 14.3. The lowest BCUT2D eigenvalue weighted by Gasteiger charge is -2.39. The van der Waals surface area contributed by atoms with Gasteiger partial charge in [0.15, 0.2) is 11.4 Å². The van der Waals surface area contributed by atoms with Crippen LogP contribution in [0.4, 0.5) is 18.9 Å². The number of rotatable bonds is 4. The summed E-state index contributed by atoms with van der Waals surface area (Å²) in [6, 6.07) is 7.27. The summed E-state index contributed by atoms with van der Waals surface area (Å²) >= 11 is 5.95. The summed E-state index contributed by atoms with van der Waals surface area (Å²) < 4.78 is 54.6. The zero-order valence-electron chi connectivity index (χ0n) is 17.2. The molecule has 1 aliphatic rings. The fourth-order valence-electron chi connectivity index (χ4n) is 3.29. The Morgan fingerprint density at radius 3 is 2.45 bits per heavy atom. The van der Waals surface area contributed by atoms with Gasteiger partial charge in [0.1, 0.15) is 11.5 Å². The SMILES string of the molecule is CCOC(=O)C1(C)Oc2cc(Oc3ccc(C(F)(F)F)cc3Cl)ccc2[N+](C)(C)C1=O. The van der Waals surface area contributed by atoms with Gasteiger partial charge in [0.05, 0.1) is 31.3 Å². The number of nitrogens with zero attached hydrogens (tertiary/aromatic N) is 1. The molecule has 0 saturated heterocycles. The van der Waals surface area contributed by atoms with Gasteiger partial charge in [-0.15, -0.1) is 0 Å². The number of carbonyl (C=O) groups excluding carboxylic acids is 2. The molecule has 1 atom stereocenters. The van der Waals surface area contributed by atoms with Crippen molar-refractivity contribution < 1.29 is 37.0 Å². The molecule has 0 radical (unpaired) electrons. The zero-order valence-corrected chi connectivity index (χ0v) is 17.9. The van der Waals surface area contributed by atoms with Crippen molar-refractivity contribution in [1.29, 1.82) is 0 Å². The Morgan fingerprint density at radius 1 is 1.19 bits per heavy atom. The fraction of sp³-hybridized carbons (Fsp3) is 0.333. The number of hydrogen-bond acceptors (Lipinski definition) is 5. The Hall–Kier alpha value is -2.78. The highest BCUT2D eigenvalue weighted by atomic mass is 35.5. The van der Waals surface area contributed by atoms with Crippen LogP contribution in [0.25, 0.3) is 0 Å². The van der Waals surface area contributed by atoms with Gasteiger partial charge in [0.25, 0.3) is 0 Å². The molecule has 10 heteroatoms. The molecule has 0 aliphatic carbocycles. The van der Waals surface area contributed by atoms with Crippen molar-refractivity contribution >= 4 is 29.2 Å². The highest BCUT2D eigenvalue weighted by Gasteiger charge is 2.59. The van der Waals surface area contributed by atoms with E-state index in [1.54, 1.807) is 27.1 Å². The zero-order chi connectivity index (χ0) is 23.2. The molecule has 1 aliphatic heterocycles. The molecule has 1 heterocycles. The molecule has 166 valence electrons. The number of fused-ring (bicyclic) bond motifs is 1. The van der Waals surface area contributed by atoms with Crippen molar-refractivity contribution in [3.8, 4) is 17.2 Å². The van der Waals surface area contributed by atoms with Gasteiger partial charge in [0, 0.05) is 19.1 Å². The second kappa shape index (κ2) is 7.72. The maximum absolute atomic E-state index is 13.0. The van der Waals surface area contributed by atoms with Gasteiger partial charge in [-0.2, -0.15) is 13.2 Å². The molecule has 1 amide bonds. The second-order valence-electron chi connectivity index (χ2n) is 7.49. The van der Waals surface area contributed by atoms with Crippen molar-refractivity contribution in [1.82, 2.24) is 4.48 Å². The Balaban J connectivity index is 1.97. The molecule has 0 bridgehead atoms. The summed E-state index contributed by atoms with van der Waals surface area (Å²) in [6.07, 6.45) is -4.53. The van der Waals surface area contributed by atoms with Crippen LogP contribution in [0.3, 0.4) is 0 Å². The van der Waals surface area contributed by atoms with E-state index in [9.17, 15) is 22.8 Å². The summed E-state index contributed by atoms with van der Waals surface area (Å²) in [5, 5.41) is -0.226. The number of amides is 1. The van der Waals surface area contributed by atoms with Crippen molar-refractivity contribution in [2.24, 2.45) is 0 Å². The Kier molecular flexibility index (Phi) is 5.70. The molecule has 0 fully saturated rings. The third-order valence-electron chi connectivity index (χ3n) is 4.92. The number of alkyl halides is 3. The Bertz CT molecular complexity index is 1050. The minimum absolute atomic E-state index is 0.00315. The molecule has 0 aromatic heterocycles. The number of likely N-dealkylation sites (N-methyl/N-ethyl adjacent to an activating group) is 1. The van der Waals surface area contributed by atoms with Crippen LogP contribution in [0.1, 0.15) is 19.4 Å². The minimum Gasteiger partial charge on any atom is -0.463 e. The van der Waals surface area contributed by atoms with Gasteiger partial charge in [0.2, 0.25) is 0 Å². The van der Waals surface area contributed by atoms with E-state index in [0.29, 0.717) is 5.69 Å². The van der Waals surface area contributed by atoms with E-state index < -0.39 is 29.2 Å². The lowest BCUT2D eigenvalue weighted by Crippen LogP contribution is -2.66. The first kappa shape index (κ1) is 22.9. The minimum atomic E-state index is -4.53. The normalized spacial score (nSPS) is 19.9. The van der Waals surface area contributed by atoms with E-state index >= 15 is 0 Å². The lowest BCUT2D eigenvalue weighted by atomic mass is 9.99. The van der Waals surface area contributed by atoms with Crippen molar-refractivity contribution in [3.05, 3.63) is 47.0 Å². The second-order valence-corrected chi connectivity index (χ2v) is 7.90. The molecule has 0 N–H and O–H groups in total. The van der Waals surface area contributed by atoms with E-state index in [4.69, 9.17) is 25.8 Å². The van der Waals surface area contributed by atoms with Crippen molar-refractivity contribution in [2.75, 3.05) is 20.7 Å². The number of ether oxygens (including phenoxy) is 3. The first-order valence-corrected chi connectivity index (χ1v) is 9.63. The summed E-state index contributed by atoms with van der Waals surface area (Å²) in [4.78, 5) is 25.4. The van der Waals surface area contributed by atoms with E-state index in [0.717, 1.165) is 18.2 Å². The average Bonchev–Trinajstić information content (AvgIpc) is 2.67. The first-order valence-electron chi connectivity index (χ1n) is 9.25. The smallest absolute Gasteiger partial charge is 0.416 e. The molecule has 2 aromatic rings. The Morgan fingerprint density at radius 2 is 1.87 bits per heavy atom. The number of halogens is 4. The van der Waals surface area contributed by atoms with Gasteiger partial charge >= 0.3 is 23.7 Å². The molecule has 1 unspecified atom stereocenters. The van der Waals surface area contributed by atoms with Gasteiger partial charge in [-0.1, -0.05) is 11.6 Å². The lowest BCUT2D eigenvalue weighted by molar-refractivity contribution is -0.171. The number of esters is 1. The van der Waals surface area contributed by atoms with Gasteiger partial charge in [-0.25, -0.2) is 14.1 Å². The van der Waals surface area contributed by atoms with Crippen LogP contribution >= 0.6 is 11.6 Å². The maximum atomic E-state index is 13.0. The van der Waals surface area contributed by atoms with Crippen LogP contribution in [-0.4, -0.2) is 38.2 Å². The van der Waals surface area contributed by atoms with Crippen LogP contribution < -0.4 is 14.0 Å². The largest absolute Gasteiger partial charge is 0.463 e. The molecule has 0 spiro atoms. The van der Waals surface area contributed by atoms with E-state index in [-0.39, 0.29) is 33.4 Å². The summed E-state index contributed by atoms with van der Waals surface area (Å²) in [6.45, 7) is 3.01. The number of carbonyl (C=O) groups is 2. The topological polar surface area (TPSA) is 61.8 Å². The van der Waals surface area contributed by atoms with E-state index in [1.165, 1.54) is 19.1 Å². The monoisotopic (exact) mass is 458 g/mol. The number of quaternary nitrogens is 1. The molecular formula is C21H20ClF3NO5+. The molecule has 2 aromatic carbocycles. The van der Waals surface area contributed by atoms with Crippen LogP contribution in [-0.2, 0) is 20.5 Å². The molecule has 31 heavy (non-hydrogen) atoms. The van der Waals surface area contributed by atoms with Crippen LogP contribution in [0.5, 0.6) is 17.2 Å². The standard InChI is InChI=1S/C21H20ClF3NO5/c1-5-29-19(28)20(2)18(27)26(3,4)15-8-7-13(11-17(15)31-20)30-16-9-6-12(10-14(16)22)21(23,24)25/h6-11H,5H2,1-4H3/q+1. The maximum Gasteiger partial charge on any atom is 0.416 e.